The Balaban J connectivity index is 2.39. The van der Waals surface area contributed by atoms with Crippen LogP contribution in [0, 0.1) is 0 Å². The van der Waals surface area contributed by atoms with Crippen molar-refractivity contribution in [3.8, 4) is 0 Å². The molecular formula is C14H23N3O2S2. The van der Waals surface area contributed by atoms with Crippen molar-refractivity contribution in [2.24, 2.45) is 5.73 Å². The van der Waals surface area contributed by atoms with E-state index < -0.39 is 15.2 Å². The summed E-state index contributed by atoms with van der Waals surface area (Å²) < 4.78 is 24.3. The Morgan fingerprint density at radius 2 is 2.29 bits per heavy atom. The van der Waals surface area contributed by atoms with Crippen molar-refractivity contribution in [1.29, 1.82) is 0 Å². The zero-order valence-corrected chi connectivity index (χ0v) is 14.1. The fourth-order valence-corrected chi connectivity index (χ4v) is 5.60. The zero-order chi connectivity index (χ0) is 15.5. The van der Waals surface area contributed by atoms with E-state index in [-0.39, 0.29) is 12.1 Å². The number of sulfone groups is 1. The lowest BCUT2D eigenvalue weighted by molar-refractivity contribution is 0.162. The van der Waals surface area contributed by atoms with Gasteiger partial charge in [0, 0.05) is 36.5 Å². The number of pyridine rings is 1. The highest BCUT2D eigenvalue weighted by Crippen LogP contribution is 2.31. The second kappa shape index (κ2) is 7.09. The van der Waals surface area contributed by atoms with Crippen molar-refractivity contribution in [3.63, 3.8) is 0 Å². The summed E-state index contributed by atoms with van der Waals surface area (Å²) in [5.41, 5.74) is 7.16. The Kier molecular flexibility index (Phi) is 5.65. The predicted octanol–water partition coefficient (Wildman–Crippen LogP) is 1.28. The Morgan fingerprint density at radius 3 is 2.86 bits per heavy atom. The largest absolute Gasteiger partial charge is 0.326 e. The molecule has 2 heterocycles. The molecule has 118 valence electrons. The maximum Gasteiger partial charge on any atom is 0.164 e. The molecule has 1 fully saturated rings. The molecule has 0 spiro atoms. The minimum Gasteiger partial charge on any atom is -0.326 e. The van der Waals surface area contributed by atoms with E-state index >= 15 is 0 Å². The van der Waals surface area contributed by atoms with Crippen LogP contribution in [0.1, 0.15) is 25.1 Å². The first-order valence-corrected chi connectivity index (χ1v) is 10.2. The minimum absolute atomic E-state index is 0.132. The van der Waals surface area contributed by atoms with Crippen molar-refractivity contribution >= 4 is 21.6 Å². The number of hydrogen-bond acceptors (Lipinski definition) is 6. The molecule has 7 heteroatoms. The summed E-state index contributed by atoms with van der Waals surface area (Å²) in [6.07, 6.45) is 3.82. The second-order valence-corrected chi connectivity index (χ2v) is 8.72. The third kappa shape index (κ3) is 3.97. The Labute approximate surface area is 131 Å². The van der Waals surface area contributed by atoms with E-state index in [1.54, 1.807) is 18.0 Å². The summed E-state index contributed by atoms with van der Waals surface area (Å²) in [5, 5.41) is -0.485. The lowest BCUT2D eigenvalue weighted by Crippen LogP contribution is -2.53. The number of aromatic nitrogens is 1. The van der Waals surface area contributed by atoms with E-state index in [4.69, 9.17) is 5.73 Å². The maximum atomic E-state index is 12.1. The molecule has 21 heavy (non-hydrogen) atoms. The summed E-state index contributed by atoms with van der Waals surface area (Å²) in [4.78, 5) is 6.45. The first-order chi connectivity index (χ1) is 9.95. The first-order valence-electron chi connectivity index (χ1n) is 7.14. The van der Waals surface area contributed by atoms with Gasteiger partial charge in [-0.1, -0.05) is 13.0 Å². The second-order valence-electron chi connectivity index (χ2n) is 5.37. The van der Waals surface area contributed by atoms with E-state index in [9.17, 15) is 8.42 Å². The van der Waals surface area contributed by atoms with Crippen LogP contribution in [0.5, 0.6) is 0 Å². The van der Waals surface area contributed by atoms with Gasteiger partial charge in [-0.15, -0.1) is 0 Å². The van der Waals surface area contributed by atoms with Gasteiger partial charge in [-0.05, 0) is 18.6 Å². The van der Waals surface area contributed by atoms with E-state index in [0.29, 0.717) is 5.75 Å². The summed E-state index contributed by atoms with van der Waals surface area (Å²) >= 11 is 1.68. The van der Waals surface area contributed by atoms with Crippen molar-refractivity contribution in [2.45, 2.75) is 30.8 Å². The van der Waals surface area contributed by atoms with Crippen LogP contribution < -0.4 is 5.73 Å². The Morgan fingerprint density at radius 1 is 1.52 bits per heavy atom. The lowest BCUT2D eigenvalue weighted by atomic mass is 10.0. The van der Waals surface area contributed by atoms with Crippen molar-refractivity contribution < 1.29 is 8.42 Å². The molecule has 3 atom stereocenters. The van der Waals surface area contributed by atoms with Crippen LogP contribution in [0.3, 0.4) is 0 Å². The molecule has 0 saturated carbocycles. The number of hydrogen-bond donors (Lipinski definition) is 1. The third-order valence-electron chi connectivity index (χ3n) is 3.84. The summed E-state index contributed by atoms with van der Waals surface area (Å²) in [6.45, 7) is 2.74. The molecule has 3 unspecified atom stereocenters. The average molecular weight is 329 g/mol. The molecule has 1 aromatic rings. The van der Waals surface area contributed by atoms with Gasteiger partial charge in [0.05, 0.1) is 11.7 Å². The molecule has 2 N–H and O–H groups in total. The molecule has 2 rings (SSSR count). The van der Waals surface area contributed by atoms with Crippen LogP contribution in [0.4, 0.5) is 0 Å². The van der Waals surface area contributed by atoms with Gasteiger partial charge in [0.15, 0.2) is 9.84 Å². The molecule has 0 bridgehead atoms. The van der Waals surface area contributed by atoms with Crippen LogP contribution in [0.2, 0.25) is 0 Å². The molecule has 0 radical (unpaired) electrons. The van der Waals surface area contributed by atoms with Gasteiger partial charge in [-0.3, -0.25) is 9.88 Å². The fourth-order valence-electron chi connectivity index (χ4n) is 2.69. The minimum atomic E-state index is -3.15. The summed E-state index contributed by atoms with van der Waals surface area (Å²) in [7, 11) is -3.15. The molecular weight excluding hydrogens is 306 g/mol. The van der Waals surface area contributed by atoms with Crippen LogP contribution in [-0.4, -0.2) is 54.0 Å². The molecule has 1 aromatic heterocycles. The standard InChI is InChI=1S/C14H23N3O2S2/c1-3-11(15)14(12-6-4-5-7-16-12)17-8-9-20-10-13(17)21(2,18)19/h4-7,11,13-14H,3,8-10,15H2,1-2H3. The smallest absolute Gasteiger partial charge is 0.164 e. The number of rotatable bonds is 5. The molecule has 1 aliphatic rings. The Bertz CT molecular complexity index is 551. The van der Waals surface area contributed by atoms with Crippen LogP contribution in [0.15, 0.2) is 24.4 Å². The van der Waals surface area contributed by atoms with Gasteiger partial charge in [-0.25, -0.2) is 8.42 Å². The van der Waals surface area contributed by atoms with Gasteiger partial charge >= 0.3 is 0 Å². The van der Waals surface area contributed by atoms with Gasteiger partial charge in [-0.2, -0.15) is 11.8 Å². The van der Waals surface area contributed by atoms with Gasteiger partial charge in [0.1, 0.15) is 5.37 Å². The van der Waals surface area contributed by atoms with Gasteiger partial charge in [0.25, 0.3) is 0 Å². The predicted molar refractivity (Wildman–Crippen MR) is 87.9 cm³/mol. The van der Waals surface area contributed by atoms with E-state index in [2.05, 4.69) is 4.98 Å². The molecule has 0 aromatic carbocycles. The normalized spacial score (nSPS) is 23.7. The molecule has 5 nitrogen and oxygen atoms in total. The van der Waals surface area contributed by atoms with Crippen LogP contribution >= 0.6 is 11.8 Å². The highest BCUT2D eigenvalue weighted by Gasteiger charge is 2.38. The van der Waals surface area contributed by atoms with E-state index in [1.165, 1.54) is 6.26 Å². The van der Waals surface area contributed by atoms with Crippen LogP contribution in [0.25, 0.3) is 0 Å². The quantitative estimate of drug-likeness (QED) is 0.877. The monoisotopic (exact) mass is 329 g/mol. The average Bonchev–Trinajstić information content (AvgIpc) is 2.48. The number of nitrogens with zero attached hydrogens (tertiary/aromatic N) is 2. The van der Waals surface area contributed by atoms with Gasteiger partial charge in [0.2, 0.25) is 0 Å². The van der Waals surface area contributed by atoms with Crippen molar-refractivity contribution in [1.82, 2.24) is 9.88 Å². The topological polar surface area (TPSA) is 76.3 Å². The lowest BCUT2D eigenvalue weighted by Gasteiger charge is -2.41. The van der Waals surface area contributed by atoms with E-state index in [1.807, 2.05) is 30.0 Å². The number of nitrogens with two attached hydrogens (primary N) is 1. The Hall–Kier alpha value is -0.630. The maximum absolute atomic E-state index is 12.1. The zero-order valence-electron chi connectivity index (χ0n) is 12.5. The first kappa shape index (κ1) is 16.7. The van der Waals surface area contributed by atoms with Crippen LogP contribution in [-0.2, 0) is 9.84 Å². The summed E-state index contributed by atoms with van der Waals surface area (Å²) in [6, 6.07) is 5.43. The van der Waals surface area contributed by atoms with Crippen molar-refractivity contribution in [2.75, 3.05) is 24.3 Å². The number of thioether (sulfide) groups is 1. The highest BCUT2D eigenvalue weighted by molar-refractivity contribution is 8.00. The summed E-state index contributed by atoms with van der Waals surface area (Å²) in [5.74, 6) is 1.52. The SMILES string of the molecule is CCC(N)C(c1ccccn1)N1CCSCC1S(C)(=O)=O. The van der Waals surface area contributed by atoms with Crippen molar-refractivity contribution in [3.05, 3.63) is 30.1 Å². The molecule has 0 amide bonds. The molecule has 1 saturated heterocycles. The third-order valence-corrected chi connectivity index (χ3v) is 6.50. The molecule has 1 aliphatic heterocycles. The fraction of sp³-hybridized carbons (Fsp3) is 0.643. The molecule has 0 aliphatic carbocycles. The van der Waals surface area contributed by atoms with E-state index in [0.717, 1.165) is 24.4 Å². The highest BCUT2D eigenvalue weighted by atomic mass is 32.2. The van der Waals surface area contributed by atoms with Gasteiger partial charge < -0.3 is 5.73 Å².